The van der Waals surface area contributed by atoms with Crippen LogP contribution in [0.15, 0.2) is 82.4 Å². The van der Waals surface area contributed by atoms with Gasteiger partial charge in [-0.05, 0) is 75.4 Å². The van der Waals surface area contributed by atoms with Gasteiger partial charge < -0.3 is 15.2 Å². The predicted octanol–water partition coefficient (Wildman–Crippen LogP) is 4.51. The van der Waals surface area contributed by atoms with E-state index < -0.39 is 5.69 Å². The van der Waals surface area contributed by atoms with Crippen LogP contribution in [0.25, 0.3) is 10.9 Å². The highest BCUT2D eigenvalue weighted by Gasteiger charge is 2.21. The summed E-state index contributed by atoms with van der Waals surface area (Å²) in [7, 11) is 0. The van der Waals surface area contributed by atoms with E-state index in [-0.39, 0.29) is 24.1 Å². The highest BCUT2D eigenvalue weighted by atomic mass is 16.2. The number of nitrogens with zero attached hydrogens (tertiary/aromatic N) is 2. The number of hydrogen-bond donors (Lipinski definition) is 2. The zero-order valence-corrected chi connectivity index (χ0v) is 18.8. The fraction of sp³-hybridized carbons (Fsp3) is 0.192. The highest BCUT2D eigenvalue weighted by Crippen LogP contribution is 2.25. The summed E-state index contributed by atoms with van der Waals surface area (Å²) >= 11 is 0. The Morgan fingerprint density at radius 1 is 0.970 bits per heavy atom. The number of aromatic nitrogens is 2. The van der Waals surface area contributed by atoms with Crippen molar-refractivity contribution in [1.29, 1.82) is 0 Å². The highest BCUT2D eigenvalue weighted by molar-refractivity contribution is 6.08. The normalized spacial score (nSPS) is 11.0. The molecule has 7 nitrogen and oxygen atoms in total. The van der Waals surface area contributed by atoms with Crippen LogP contribution in [0.5, 0.6) is 0 Å². The first-order chi connectivity index (χ1) is 15.9. The Labute approximate surface area is 191 Å². The van der Waals surface area contributed by atoms with Crippen molar-refractivity contribution in [3.63, 3.8) is 0 Å². The molecule has 0 saturated carbocycles. The third-order valence-electron chi connectivity index (χ3n) is 5.49. The van der Waals surface area contributed by atoms with Gasteiger partial charge in [-0.3, -0.25) is 14.2 Å². The van der Waals surface area contributed by atoms with Gasteiger partial charge in [-0.15, -0.1) is 0 Å². The first-order valence-corrected chi connectivity index (χ1v) is 10.9. The molecule has 33 heavy (non-hydrogen) atoms. The van der Waals surface area contributed by atoms with E-state index in [1.165, 1.54) is 0 Å². The lowest BCUT2D eigenvalue weighted by molar-refractivity contribution is 0.0980. The van der Waals surface area contributed by atoms with Crippen LogP contribution in [-0.4, -0.2) is 21.5 Å². The Hall–Kier alpha value is -4.13. The second-order valence-corrected chi connectivity index (χ2v) is 8.05. The number of rotatable bonds is 6. The molecule has 0 saturated heterocycles. The van der Waals surface area contributed by atoms with Gasteiger partial charge in [0, 0.05) is 35.2 Å². The van der Waals surface area contributed by atoms with Crippen LogP contribution >= 0.6 is 0 Å². The molecule has 0 bridgehead atoms. The average Bonchev–Trinajstić information content (AvgIpc) is 2.80. The fourth-order valence-electron chi connectivity index (χ4n) is 3.86. The summed E-state index contributed by atoms with van der Waals surface area (Å²) in [6.07, 6.45) is 0. The number of H-pyrrole nitrogens is 1. The number of para-hydroxylation sites is 1. The van der Waals surface area contributed by atoms with E-state index in [9.17, 15) is 14.4 Å². The van der Waals surface area contributed by atoms with E-state index in [0.29, 0.717) is 16.5 Å². The predicted molar refractivity (Wildman–Crippen MR) is 133 cm³/mol. The van der Waals surface area contributed by atoms with Gasteiger partial charge in [0.1, 0.15) is 0 Å². The summed E-state index contributed by atoms with van der Waals surface area (Å²) in [6.45, 7) is 5.90. The molecule has 1 heterocycles. The Bertz CT molecular complexity index is 1400. The van der Waals surface area contributed by atoms with Crippen molar-refractivity contribution in [1.82, 2.24) is 9.55 Å². The van der Waals surface area contributed by atoms with Crippen LogP contribution < -0.4 is 21.5 Å². The third kappa shape index (κ3) is 4.43. The molecule has 2 N–H and O–H groups in total. The smallest absolute Gasteiger partial charge is 0.328 e. The lowest BCUT2D eigenvalue weighted by atomic mass is 10.1. The Balaban J connectivity index is 1.65. The van der Waals surface area contributed by atoms with E-state index >= 15 is 0 Å². The van der Waals surface area contributed by atoms with Crippen molar-refractivity contribution in [2.45, 2.75) is 33.4 Å². The molecule has 0 radical (unpaired) electrons. The van der Waals surface area contributed by atoms with Crippen LogP contribution in [0.2, 0.25) is 0 Å². The molecule has 1 aromatic heterocycles. The maximum Gasteiger partial charge on any atom is 0.328 e. The molecule has 4 rings (SSSR count). The molecule has 7 heteroatoms. The van der Waals surface area contributed by atoms with E-state index in [2.05, 4.69) is 10.3 Å². The van der Waals surface area contributed by atoms with Gasteiger partial charge in [0.2, 0.25) is 0 Å². The zero-order chi connectivity index (χ0) is 23.5. The molecule has 0 aliphatic carbocycles. The molecule has 0 atom stereocenters. The van der Waals surface area contributed by atoms with Crippen molar-refractivity contribution in [2.75, 3.05) is 10.2 Å². The van der Waals surface area contributed by atoms with Gasteiger partial charge in [0.05, 0.1) is 10.9 Å². The number of benzene rings is 3. The van der Waals surface area contributed by atoms with Crippen LogP contribution in [0.3, 0.4) is 0 Å². The molecule has 3 aromatic carbocycles. The molecule has 1 amide bonds. The number of hydrogen-bond acceptors (Lipinski definition) is 4. The van der Waals surface area contributed by atoms with Gasteiger partial charge in [0.15, 0.2) is 0 Å². The number of amides is 1. The summed E-state index contributed by atoms with van der Waals surface area (Å²) < 4.78 is 1.13. The Kier molecular flexibility index (Phi) is 6.13. The second-order valence-electron chi connectivity index (χ2n) is 8.05. The van der Waals surface area contributed by atoms with E-state index in [4.69, 9.17) is 0 Å². The minimum atomic E-state index is -0.484. The summed E-state index contributed by atoms with van der Waals surface area (Å²) in [4.78, 5) is 42.6. The molecular formula is C26H26N4O3. The van der Waals surface area contributed by atoms with Crippen LogP contribution in [0.4, 0.5) is 17.1 Å². The van der Waals surface area contributed by atoms with E-state index in [0.717, 1.165) is 21.6 Å². The van der Waals surface area contributed by atoms with Gasteiger partial charge >= 0.3 is 5.69 Å². The number of fused-ring (bicyclic) bond motifs is 1. The number of carbonyl (C=O) groups excluding carboxylic acids is 1. The lowest BCUT2D eigenvalue weighted by Crippen LogP contribution is -2.37. The molecular weight excluding hydrogens is 416 g/mol. The topological polar surface area (TPSA) is 87.2 Å². The Morgan fingerprint density at radius 2 is 1.64 bits per heavy atom. The minimum Gasteiger partial charge on any atom is -0.356 e. The largest absolute Gasteiger partial charge is 0.356 e. The van der Waals surface area contributed by atoms with Crippen molar-refractivity contribution < 1.29 is 4.79 Å². The first kappa shape index (κ1) is 22.1. The molecule has 168 valence electrons. The molecule has 0 aliphatic heterocycles. The fourth-order valence-corrected chi connectivity index (χ4v) is 3.86. The number of anilines is 3. The van der Waals surface area contributed by atoms with E-state index in [1.807, 2.05) is 68.4 Å². The maximum absolute atomic E-state index is 13.4. The van der Waals surface area contributed by atoms with Gasteiger partial charge in [-0.1, -0.05) is 18.2 Å². The molecule has 0 unspecified atom stereocenters. The Morgan fingerprint density at radius 3 is 2.27 bits per heavy atom. The van der Waals surface area contributed by atoms with Crippen molar-refractivity contribution in [3.8, 4) is 0 Å². The number of carbonyl (C=O) groups is 1. The third-order valence-corrected chi connectivity index (χ3v) is 5.49. The average molecular weight is 443 g/mol. The molecule has 4 aromatic rings. The first-order valence-electron chi connectivity index (χ1n) is 10.9. The van der Waals surface area contributed by atoms with E-state index in [1.54, 1.807) is 30.0 Å². The maximum atomic E-state index is 13.4. The van der Waals surface area contributed by atoms with Gasteiger partial charge in [-0.2, -0.15) is 0 Å². The summed E-state index contributed by atoms with van der Waals surface area (Å²) in [6, 6.07) is 22.2. The minimum absolute atomic E-state index is 0.103. The zero-order valence-electron chi connectivity index (χ0n) is 18.8. The van der Waals surface area contributed by atoms with Crippen molar-refractivity contribution >= 4 is 33.9 Å². The summed E-state index contributed by atoms with van der Waals surface area (Å²) in [5.41, 5.74) is 2.55. The molecule has 0 fully saturated rings. The lowest BCUT2D eigenvalue weighted by Gasteiger charge is -2.27. The SMILES string of the molecule is CCn1c(=O)[nH]c2cc(C(=O)N(c3ccc(Nc4ccccc4)cc3)C(C)C)ccc2c1=O. The number of aromatic amines is 1. The monoisotopic (exact) mass is 442 g/mol. The van der Waals surface area contributed by atoms with Crippen LogP contribution in [0.1, 0.15) is 31.1 Å². The molecule has 0 aliphatic rings. The number of nitrogens with one attached hydrogen (secondary N) is 2. The summed E-state index contributed by atoms with van der Waals surface area (Å²) in [5, 5.41) is 3.71. The second kappa shape index (κ2) is 9.16. The van der Waals surface area contributed by atoms with Crippen molar-refractivity contribution in [2.24, 2.45) is 0 Å². The van der Waals surface area contributed by atoms with Gasteiger partial charge in [0.25, 0.3) is 11.5 Å². The van der Waals surface area contributed by atoms with Crippen LogP contribution in [-0.2, 0) is 6.54 Å². The van der Waals surface area contributed by atoms with Crippen LogP contribution in [0, 0.1) is 0 Å². The quantitative estimate of drug-likeness (QED) is 0.460. The standard InChI is InChI=1S/C26H26N4O3/c1-4-29-25(32)22-15-10-18(16-23(22)28-26(29)33)24(31)30(17(2)3)21-13-11-20(12-14-21)27-19-8-6-5-7-9-19/h5-17,27H,4H2,1-3H3,(H,28,33). The molecule has 0 spiro atoms. The van der Waals surface area contributed by atoms with Crippen molar-refractivity contribution in [3.05, 3.63) is 99.2 Å². The van der Waals surface area contributed by atoms with Gasteiger partial charge in [-0.25, -0.2) is 4.79 Å². The summed E-state index contributed by atoms with van der Waals surface area (Å²) in [5.74, 6) is -0.212.